The minimum atomic E-state index is -0.361. The largest absolute Gasteiger partial charge is 0.369 e. The third-order valence-corrected chi connectivity index (χ3v) is 2.00. The Balaban J connectivity index is 2.91. The second kappa shape index (κ2) is 4.89. The monoisotopic (exact) mass is 306 g/mol. The van der Waals surface area contributed by atoms with Crippen LogP contribution in [0.4, 0.5) is 4.39 Å². The highest BCUT2D eigenvalue weighted by atomic mass is 127. The Kier molecular flexibility index (Phi) is 3.81. The highest BCUT2D eigenvalue weighted by molar-refractivity contribution is 14.1. The Morgan fingerprint density at radius 1 is 1.43 bits per heavy atom. The van der Waals surface area contributed by atoms with Gasteiger partial charge in [0.05, 0.1) is 6.21 Å². The zero-order valence-corrected chi connectivity index (χ0v) is 9.27. The number of hydrogen-bond donors (Lipinski definition) is 2. The molecule has 0 spiro atoms. The summed E-state index contributed by atoms with van der Waals surface area (Å²) in [6.45, 7) is 0. The fourth-order valence-electron chi connectivity index (χ4n) is 0.771. The van der Waals surface area contributed by atoms with Crippen molar-refractivity contribution in [3.63, 3.8) is 0 Å². The topological polar surface area (TPSA) is 76.8 Å². The van der Waals surface area contributed by atoms with Gasteiger partial charge in [0.25, 0.3) is 0 Å². The van der Waals surface area contributed by atoms with Crippen LogP contribution in [0.1, 0.15) is 5.56 Å². The molecule has 0 fully saturated rings. The highest BCUT2D eigenvalue weighted by Gasteiger charge is 1.98. The zero-order chi connectivity index (χ0) is 10.6. The number of benzene rings is 1. The minimum Gasteiger partial charge on any atom is -0.369 e. The molecule has 0 aromatic heterocycles. The molecule has 1 aromatic rings. The molecule has 4 N–H and O–H groups in total. The first-order valence-electron chi connectivity index (χ1n) is 3.66. The van der Waals surface area contributed by atoms with Gasteiger partial charge in [-0.1, -0.05) is 0 Å². The van der Waals surface area contributed by atoms with Crippen LogP contribution >= 0.6 is 22.6 Å². The van der Waals surface area contributed by atoms with Crippen LogP contribution in [0.15, 0.2) is 28.4 Å². The number of hydrogen-bond acceptors (Lipinski definition) is 2. The van der Waals surface area contributed by atoms with Gasteiger partial charge in [0.1, 0.15) is 5.82 Å². The Morgan fingerprint density at radius 3 is 2.79 bits per heavy atom. The van der Waals surface area contributed by atoms with Crippen molar-refractivity contribution >= 4 is 34.8 Å². The Labute approximate surface area is 94.0 Å². The first kappa shape index (κ1) is 10.9. The first-order chi connectivity index (χ1) is 6.59. The Hall–Kier alpha value is -1.18. The van der Waals surface area contributed by atoms with Crippen molar-refractivity contribution in [3.05, 3.63) is 33.1 Å². The maximum absolute atomic E-state index is 13.1. The van der Waals surface area contributed by atoms with Gasteiger partial charge in [-0.2, -0.15) is 5.10 Å². The normalized spacial score (nSPS) is 10.4. The number of guanidine groups is 1. The molecule has 0 aliphatic carbocycles. The van der Waals surface area contributed by atoms with Gasteiger partial charge >= 0.3 is 0 Å². The van der Waals surface area contributed by atoms with E-state index in [4.69, 9.17) is 11.5 Å². The molecule has 0 aliphatic rings. The van der Waals surface area contributed by atoms with E-state index >= 15 is 0 Å². The molecule has 14 heavy (non-hydrogen) atoms. The summed E-state index contributed by atoms with van der Waals surface area (Å²) in [6, 6.07) is 4.66. The minimum absolute atomic E-state index is 0.160. The van der Waals surface area contributed by atoms with E-state index < -0.39 is 0 Å². The number of rotatable bonds is 2. The summed E-state index contributed by atoms with van der Waals surface area (Å²) in [6.07, 6.45) is 1.26. The molecule has 0 unspecified atom stereocenters. The summed E-state index contributed by atoms with van der Waals surface area (Å²) in [5.41, 5.74) is 10.4. The fourth-order valence-corrected chi connectivity index (χ4v) is 1.29. The summed E-state index contributed by atoms with van der Waals surface area (Å²) in [4.78, 5) is 0. The summed E-state index contributed by atoms with van der Waals surface area (Å²) >= 11 is 2.07. The highest BCUT2D eigenvalue weighted by Crippen LogP contribution is 2.10. The maximum Gasteiger partial charge on any atom is 0.211 e. The molecule has 0 saturated carbocycles. The summed E-state index contributed by atoms with van der Waals surface area (Å²) in [5.74, 6) is -0.521. The van der Waals surface area contributed by atoms with Crippen LogP contribution in [0.3, 0.4) is 0 Å². The molecule has 0 amide bonds. The van der Waals surface area contributed by atoms with E-state index in [9.17, 15) is 4.39 Å². The number of nitrogens with zero attached hydrogens (tertiary/aromatic N) is 2. The predicted octanol–water partition coefficient (Wildman–Crippen LogP) is 1.04. The van der Waals surface area contributed by atoms with Crippen molar-refractivity contribution < 1.29 is 4.39 Å². The van der Waals surface area contributed by atoms with E-state index in [1.54, 1.807) is 12.1 Å². The van der Waals surface area contributed by atoms with Crippen LogP contribution in [-0.2, 0) is 0 Å². The van der Waals surface area contributed by atoms with Gasteiger partial charge in [-0.15, -0.1) is 5.10 Å². The van der Waals surface area contributed by atoms with E-state index in [1.807, 2.05) is 0 Å². The SMILES string of the molecule is NC(N)=NN=Cc1cc(I)ccc1F. The van der Waals surface area contributed by atoms with E-state index in [1.165, 1.54) is 12.3 Å². The first-order valence-corrected chi connectivity index (χ1v) is 4.74. The molecular formula is C8H8FIN4. The molecular weight excluding hydrogens is 298 g/mol. The molecule has 1 aromatic carbocycles. The molecule has 0 bridgehead atoms. The van der Waals surface area contributed by atoms with Gasteiger partial charge in [-0.3, -0.25) is 0 Å². The van der Waals surface area contributed by atoms with Crippen molar-refractivity contribution in [3.8, 4) is 0 Å². The van der Waals surface area contributed by atoms with Crippen LogP contribution in [0.2, 0.25) is 0 Å². The molecule has 6 heteroatoms. The van der Waals surface area contributed by atoms with Gasteiger partial charge in [-0.25, -0.2) is 4.39 Å². The number of nitrogens with two attached hydrogens (primary N) is 2. The molecule has 0 saturated heterocycles. The van der Waals surface area contributed by atoms with Crippen LogP contribution in [-0.4, -0.2) is 12.2 Å². The lowest BCUT2D eigenvalue weighted by Crippen LogP contribution is -2.21. The second-order valence-corrected chi connectivity index (χ2v) is 3.68. The van der Waals surface area contributed by atoms with E-state index in [0.717, 1.165) is 3.57 Å². The average Bonchev–Trinajstić information content (AvgIpc) is 2.10. The van der Waals surface area contributed by atoms with Crippen molar-refractivity contribution in [1.29, 1.82) is 0 Å². The zero-order valence-electron chi connectivity index (χ0n) is 7.11. The molecule has 0 atom stereocenters. The Morgan fingerprint density at radius 2 is 2.14 bits per heavy atom. The van der Waals surface area contributed by atoms with Crippen molar-refractivity contribution in [2.75, 3.05) is 0 Å². The van der Waals surface area contributed by atoms with E-state index in [0.29, 0.717) is 5.56 Å². The quantitative estimate of drug-likeness (QED) is 0.371. The second-order valence-electron chi connectivity index (χ2n) is 2.44. The molecule has 1 rings (SSSR count). The Bertz CT molecular complexity index is 385. The van der Waals surface area contributed by atoms with Crippen LogP contribution in [0, 0.1) is 9.39 Å². The molecule has 0 aliphatic heterocycles. The van der Waals surface area contributed by atoms with Gasteiger partial charge in [0, 0.05) is 9.13 Å². The molecule has 0 heterocycles. The summed E-state index contributed by atoms with van der Waals surface area (Å²) in [7, 11) is 0. The smallest absolute Gasteiger partial charge is 0.211 e. The van der Waals surface area contributed by atoms with Gasteiger partial charge in [-0.05, 0) is 40.8 Å². The molecule has 4 nitrogen and oxygen atoms in total. The third-order valence-electron chi connectivity index (χ3n) is 1.33. The average molecular weight is 306 g/mol. The van der Waals surface area contributed by atoms with Crippen molar-refractivity contribution in [2.45, 2.75) is 0 Å². The van der Waals surface area contributed by atoms with Gasteiger partial charge < -0.3 is 11.5 Å². The summed E-state index contributed by atoms with van der Waals surface area (Å²) < 4.78 is 14.0. The maximum atomic E-state index is 13.1. The lowest BCUT2D eigenvalue weighted by Gasteiger charge is -1.95. The van der Waals surface area contributed by atoms with Crippen LogP contribution in [0.5, 0.6) is 0 Å². The van der Waals surface area contributed by atoms with Crippen molar-refractivity contribution in [1.82, 2.24) is 0 Å². The lowest BCUT2D eigenvalue weighted by molar-refractivity contribution is 0.625. The molecule has 0 radical (unpaired) electrons. The molecule has 74 valence electrons. The number of halogens is 2. The van der Waals surface area contributed by atoms with Crippen LogP contribution in [0.25, 0.3) is 0 Å². The summed E-state index contributed by atoms with van der Waals surface area (Å²) in [5, 5.41) is 6.88. The lowest BCUT2D eigenvalue weighted by atomic mass is 10.2. The van der Waals surface area contributed by atoms with Crippen LogP contribution < -0.4 is 11.5 Å². The standard InChI is InChI=1S/C8H8FIN4/c9-7-2-1-6(10)3-5(7)4-13-14-8(11)12/h1-4H,(H4,11,12,14). The van der Waals surface area contributed by atoms with Gasteiger partial charge in [0.2, 0.25) is 5.96 Å². The predicted molar refractivity (Wildman–Crippen MR) is 62.5 cm³/mol. The van der Waals surface area contributed by atoms with E-state index in [2.05, 4.69) is 32.8 Å². The van der Waals surface area contributed by atoms with Crippen molar-refractivity contribution in [2.24, 2.45) is 21.7 Å². The van der Waals surface area contributed by atoms with E-state index in [-0.39, 0.29) is 11.8 Å². The third kappa shape index (κ3) is 3.29. The fraction of sp³-hybridized carbons (Fsp3) is 0. The van der Waals surface area contributed by atoms with Gasteiger partial charge in [0.15, 0.2) is 0 Å².